The molecule has 2 heterocycles. The first-order valence-corrected chi connectivity index (χ1v) is 8.98. The maximum absolute atomic E-state index is 12.5. The van der Waals surface area contributed by atoms with Gasteiger partial charge in [-0.05, 0) is 24.3 Å². The fraction of sp³-hybridized carbons (Fsp3) is 0.111. The second-order valence-corrected chi connectivity index (χ2v) is 7.20. The molecule has 0 saturated heterocycles. The smallest absolute Gasteiger partial charge is 0.279 e. The van der Waals surface area contributed by atoms with Crippen LogP contribution in [-0.2, 0) is 6.54 Å². The first-order chi connectivity index (χ1) is 12.2. The SMILES string of the molecule is C#CCn1c(=NC(=O)c2ccc(Br)cc2)sc2cc3c(cc21)OCO3. The Morgan fingerprint density at radius 3 is 2.72 bits per heavy atom. The molecule has 0 unspecified atom stereocenters. The van der Waals surface area contributed by atoms with Crippen molar-refractivity contribution in [3.8, 4) is 23.8 Å². The van der Waals surface area contributed by atoms with Gasteiger partial charge in [0.25, 0.3) is 5.91 Å². The highest BCUT2D eigenvalue weighted by atomic mass is 79.9. The fourth-order valence-electron chi connectivity index (χ4n) is 2.53. The van der Waals surface area contributed by atoms with Gasteiger partial charge in [-0.3, -0.25) is 4.79 Å². The van der Waals surface area contributed by atoms with Crippen molar-refractivity contribution in [3.05, 3.63) is 51.2 Å². The molecule has 124 valence electrons. The van der Waals surface area contributed by atoms with Crippen LogP contribution in [0.1, 0.15) is 10.4 Å². The molecule has 1 amide bonds. The molecule has 1 aliphatic rings. The van der Waals surface area contributed by atoms with Crippen LogP contribution in [0.5, 0.6) is 11.5 Å². The maximum Gasteiger partial charge on any atom is 0.279 e. The van der Waals surface area contributed by atoms with E-state index in [0.29, 0.717) is 28.4 Å². The highest BCUT2D eigenvalue weighted by molar-refractivity contribution is 9.10. The quantitative estimate of drug-likeness (QED) is 0.602. The largest absolute Gasteiger partial charge is 0.454 e. The number of hydrogen-bond donors (Lipinski definition) is 0. The standard InChI is InChI=1S/C18H11BrN2O3S/c1-2-7-21-13-8-14-15(24-10-23-14)9-16(13)25-18(21)20-17(22)11-3-5-12(19)6-4-11/h1,3-6,8-9H,7,10H2. The molecule has 0 atom stereocenters. The molecule has 5 nitrogen and oxygen atoms in total. The number of carbonyl (C=O) groups excluding carboxylic acids is 1. The van der Waals surface area contributed by atoms with Crippen LogP contribution in [0.3, 0.4) is 0 Å². The predicted octanol–water partition coefficient (Wildman–Crippen LogP) is 3.57. The summed E-state index contributed by atoms with van der Waals surface area (Å²) in [4.78, 5) is 17.3. The van der Waals surface area contributed by atoms with Gasteiger partial charge in [-0.1, -0.05) is 33.2 Å². The van der Waals surface area contributed by atoms with E-state index >= 15 is 0 Å². The van der Waals surface area contributed by atoms with Crippen molar-refractivity contribution in [2.24, 2.45) is 4.99 Å². The van der Waals surface area contributed by atoms with Gasteiger partial charge in [0, 0.05) is 22.2 Å². The molecule has 0 aliphatic carbocycles. The van der Waals surface area contributed by atoms with Gasteiger partial charge in [-0.15, -0.1) is 6.42 Å². The van der Waals surface area contributed by atoms with Gasteiger partial charge >= 0.3 is 0 Å². The Kier molecular flexibility index (Phi) is 4.07. The zero-order valence-electron chi connectivity index (χ0n) is 12.9. The number of ether oxygens (including phenoxy) is 2. The number of carbonyl (C=O) groups is 1. The molecule has 2 aromatic carbocycles. The minimum atomic E-state index is -0.315. The number of aromatic nitrogens is 1. The molecule has 0 bridgehead atoms. The fourth-order valence-corrected chi connectivity index (χ4v) is 3.84. The number of hydrogen-bond acceptors (Lipinski definition) is 4. The van der Waals surface area contributed by atoms with Crippen LogP contribution in [0.25, 0.3) is 10.2 Å². The number of amides is 1. The van der Waals surface area contributed by atoms with Crippen molar-refractivity contribution in [2.75, 3.05) is 6.79 Å². The van der Waals surface area contributed by atoms with E-state index in [1.807, 2.05) is 28.8 Å². The second-order valence-electron chi connectivity index (χ2n) is 5.27. The molecule has 0 spiro atoms. The first-order valence-electron chi connectivity index (χ1n) is 7.37. The Hall–Kier alpha value is -2.56. The highest BCUT2D eigenvalue weighted by Crippen LogP contribution is 2.36. The van der Waals surface area contributed by atoms with Gasteiger partial charge in [0.05, 0.1) is 16.8 Å². The molecule has 1 aliphatic heterocycles. The summed E-state index contributed by atoms with van der Waals surface area (Å²) in [5.41, 5.74) is 1.39. The van der Waals surface area contributed by atoms with Crippen LogP contribution in [0.4, 0.5) is 0 Å². The van der Waals surface area contributed by atoms with Crippen molar-refractivity contribution >= 4 is 43.4 Å². The third-order valence-corrected chi connectivity index (χ3v) is 5.28. The third-order valence-electron chi connectivity index (χ3n) is 3.71. The maximum atomic E-state index is 12.5. The van der Waals surface area contributed by atoms with Gasteiger partial charge in [-0.25, -0.2) is 0 Å². The van der Waals surface area contributed by atoms with Crippen molar-refractivity contribution in [1.82, 2.24) is 4.57 Å². The summed E-state index contributed by atoms with van der Waals surface area (Å²) in [5, 5.41) is 0. The zero-order chi connectivity index (χ0) is 17.4. The Morgan fingerprint density at radius 1 is 1.28 bits per heavy atom. The highest BCUT2D eigenvalue weighted by Gasteiger charge is 2.17. The number of fused-ring (bicyclic) bond motifs is 2. The minimum Gasteiger partial charge on any atom is -0.454 e. The lowest BCUT2D eigenvalue weighted by Crippen LogP contribution is -2.16. The van der Waals surface area contributed by atoms with E-state index in [9.17, 15) is 4.79 Å². The summed E-state index contributed by atoms with van der Waals surface area (Å²) >= 11 is 4.74. The molecule has 1 aromatic heterocycles. The predicted molar refractivity (Wildman–Crippen MR) is 98.8 cm³/mol. The summed E-state index contributed by atoms with van der Waals surface area (Å²) in [6.45, 7) is 0.521. The average molecular weight is 415 g/mol. The Morgan fingerprint density at radius 2 is 2.00 bits per heavy atom. The van der Waals surface area contributed by atoms with Gasteiger partial charge in [0.1, 0.15) is 0 Å². The zero-order valence-corrected chi connectivity index (χ0v) is 15.3. The number of nitrogens with zero attached hydrogens (tertiary/aromatic N) is 2. The lowest BCUT2D eigenvalue weighted by molar-refractivity contribution is 0.0998. The molecular formula is C18H11BrN2O3S. The topological polar surface area (TPSA) is 52.8 Å². The normalized spacial score (nSPS) is 13.2. The molecule has 3 aromatic rings. The van der Waals surface area contributed by atoms with Crippen LogP contribution in [-0.4, -0.2) is 17.3 Å². The summed E-state index contributed by atoms with van der Waals surface area (Å²) in [6.07, 6.45) is 5.50. The lowest BCUT2D eigenvalue weighted by Gasteiger charge is -2.01. The molecule has 7 heteroatoms. The minimum absolute atomic E-state index is 0.209. The Labute approximate surface area is 155 Å². The number of halogens is 1. The first kappa shape index (κ1) is 15.9. The van der Waals surface area contributed by atoms with Gasteiger partial charge in [0.15, 0.2) is 16.3 Å². The molecule has 0 radical (unpaired) electrons. The molecule has 25 heavy (non-hydrogen) atoms. The second kappa shape index (κ2) is 6.39. The third kappa shape index (κ3) is 2.95. The van der Waals surface area contributed by atoms with Gasteiger partial charge in [-0.2, -0.15) is 4.99 Å². The van der Waals surface area contributed by atoms with E-state index < -0.39 is 0 Å². The van der Waals surface area contributed by atoms with E-state index in [-0.39, 0.29) is 12.7 Å². The van der Waals surface area contributed by atoms with Crippen molar-refractivity contribution < 1.29 is 14.3 Å². The van der Waals surface area contributed by atoms with Crippen LogP contribution in [0, 0.1) is 12.3 Å². The van der Waals surface area contributed by atoms with E-state index in [1.54, 1.807) is 12.1 Å². The molecular weight excluding hydrogens is 404 g/mol. The summed E-state index contributed by atoms with van der Waals surface area (Å²) in [5.74, 6) is 3.65. The van der Waals surface area contributed by atoms with Crippen molar-refractivity contribution in [1.29, 1.82) is 0 Å². The molecule has 4 rings (SSSR count). The number of thiazole rings is 1. The monoisotopic (exact) mass is 414 g/mol. The Bertz CT molecular complexity index is 1090. The number of rotatable bonds is 2. The average Bonchev–Trinajstić information content (AvgIpc) is 3.18. The lowest BCUT2D eigenvalue weighted by atomic mass is 10.2. The van der Waals surface area contributed by atoms with Crippen molar-refractivity contribution in [3.63, 3.8) is 0 Å². The number of terminal acetylenes is 1. The summed E-state index contributed by atoms with van der Waals surface area (Å²) in [6, 6.07) is 10.8. The van der Waals surface area contributed by atoms with Crippen molar-refractivity contribution in [2.45, 2.75) is 6.54 Å². The van der Waals surface area contributed by atoms with Crippen LogP contribution in [0.15, 0.2) is 45.9 Å². The van der Waals surface area contributed by atoms with E-state index in [1.165, 1.54) is 11.3 Å². The molecule has 0 N–H and O–H groups in total. The van der Waals surface area contributed by atoms with Gasteiger partial charge < -0.3 is 14.0 Å². The summed E-state index contributed by atoms with van der Waals surface area (Å²) < 4.78 is 14.5. The Balaban J connectivity index is 1.85. The number of benzene rings is 2. The van der Waals surface area contributed by atoms with Crippen LogP contribution < -0.4 is 14.3 Å². The molecule has 0 fully saturated rings. The van der Waals surface area contributed by atoms with E-state index in [2.05, 4.69) is 26.8 Å². The summed E-state index contributed by atoms with van der Waals surface area (Å²) in [7, 11) is 0. The van der Waals surface area contributed by atoms with Gasteiger partial charge in [0.2, 0.25) is 6.79 Å². The van der Waals surface area contributed by atoms with E-state index in [4.69, 9.17) is 15.9 Å². The van der Waals surface area contributed by atoms with Crippen LogP contribution in [0.2, 0.25) is 0 Å². The van der Waals surface area contributed by atoms with E-state index in [0.717, 1.165) is 14.7 Å². The van der Waals surface area contributed by atoms with Crippen LogP contribution >= 0.6 is 27.3 Å². The molecule has 0 saturated carbocycles.